The lowest BCUT2D eigenvalue weighted by Gasteiger charge is -2.37. The molecule has 0 unspecified atom stereocenters. The average Bonchev–Trinajstić information content (AvgIpc) is 2.30. The van der Waals surface area contributed by atoms with Crippen molar-refractivity contribution in [2.75, 3.05) is 54.4 Å². The van der Waals surface area contributed by atoms with Crippen LogP contribution in [-0.4, -0.2) is 75.1 Å². The van der Waals surface area contributed by atoms with Crippen molar-refractivity contribution in [3.63, 3.8) is 0 Å². The molecule has 1 fully saturated rings. The summed E-state index contributed by atoms with van der Waals surface area (Å²) in [5, 5.41) is 0. The first-order valence-electron chi connectivity index (χ1n) is 7.52. The summed E-state index contributed by atoms with van der Waals surface area (Å²) in [6.45, 7) is 7.21. The molecule has 0 radical (unpaired) electrons. The van der Waals surface area contributed by atoms with Crippen LogP contribution < -0.4 is 0 Å². The van der Waals surface area contributed by atoms with Crippen molar-refractivity contribution >= 4 is 0 Å². The van der Waals surface area contributed by atoms with Crippen molar-refractivity contribution in [3.05, 3.63) is 0 Å². The molecule has 3 nitrogen and oxygen atoms in total. The summed E-state index contributed by atoms with van der Waals surface area (Å²) in [5.74, 6) is 0.950. The molecule has 0 aliphatic heterocycles. The molecule has 0 aromatic rings. The molecule has 1 rings (SSSR count). The van der Waals surface area contributed by atoms with E-state index in [9.17, 15) is 0 Å². The van der Waals surface area contributed by atoms with Crippen molar-refractivity contribution < 1.29 is 0 Å². The van der Waals surface area contributed by atoms with Crippen molar-refractivity contribution in [1.29, 1.82) is 0 Å². The lowest BCUT2D eigenvalue weighted by molar-refractivity contribution is 0.121. The van der Waals surface area contributed by atoms with Crippen LogP contribution in [0.5, 0.6) is 0 Å². The monoisotopic (exact) mass is 255 g/mol. The van der Waals surface area contributed by atoms with E-state index in [1.54, 1.807) is 0 Å². The van der Waals surface area contributed by atoms with Gasteiger partial charge in [-0.3, -0.25) is 4.90 Å². The van der Waals surface area contributed by atoms with Gasteiger partial charge in [-0.15, -0.1) is 0 Å². The highest BCUT2D eigenvalue weighted by Gasteiger charge is 2.23. The maximum atomic E-state index is 2.73. The Balaban J connectivity index is 2.42. The van der Waals surface area contributed by atoms with Crippen LogP contribution in [0.3, 0.4) is 0 Å². The molecule has 1 aliphatic rings. The number of rotatable bonds is 7. The molecule has 0 saturated heterocycles. The van der Waals surface area contributed by atoms with Gasteiger partial charge < -0.3 is 9.80 Å². The molecule has 1 saturated carbocycles. The minimum Gasteiger partial charge on any atom is -0.308 e. The van der Waals surface area contributed by atoms with Gasteiger partial charge in [0.1, 0.15) is 0 Å². The molecular formula is C15H33N3. The van der Waals surface area contributed by atoms with E-state index in [1.165, 1.54) is 51.9 Å². The first kappa shape index (κ1) is 15.9. The Labute approximate surface area is 114 Å². The Morgan fingerprint density at radius 1 is 0.722 bits per heavy atom. The van der Waals surface area contributed by atoms with Gasteiger partial charge in [0.25, 0.3) is 0 Å². The zero-order chi connectivity index (χ0) is 13.5. The number of hydrogen-bond acceptors (Lipinski definition) is 3. The second-order valence-corrected chi connectivity index (χ2v) is 6.56. The highest BCUT2D eigenvalue weighted by molar-refractivity contribution is 4.79. The lowest BCUT2D eigenvalue weighted by Crippen LogP contribution is -2.44. The van der Waals surface area contributed by atoms with Gasteiger partial charge in [0, 0.05) is 32.2 Å². The Morgan fingerprint density at radius 2 is 1.17 bits per heavy atom. The molecule has 3 heteroatoms. The van der Waals surface area contributed by atoms with E-state index in [-0.39, 0.29) is 0 Å². The normalized spacial score (nSPS) is 25.3. The van der Waals surface area contributed by atoms with Crippen molar-refractivity contribution in [3.8, 4) is 0 Å². The number of nitrogens with zero attached hydrogens (tertiary/aromatic N) is 3. The van der Waals surface area contributed by atoms with E-state index in [1.807, 2.05) is 0 Å². The molecule has 0 heterocycles. The maximum absolute atomic E-state index is 2.73. The van der Waals surface area contributed by atoms with Crippen LogP contribution in [0.1, 0.15) is 32.6 Å². The van der Waals surface area contributed by atoms with Gasteiger partial charge in [-0.05, 0) is 59.8 Å². The van der Waals surface area contributed by atoms with Crippen LogP contribution in [0.2, 0.25) is 0 Å². The highest BCUT2D eigenvalue weighted by Crippen LogP contribution is 2.26. The Morgan fingerprint density at radius 3 is 1.56 bits per heavy atom. The summed E-state index contributed by atoms with van der Waals surface area (Å²) in [4.78, 5) is 7.33. The third kappa shape index (κ3) is 6.17. The summed E-state index contributed by atoms with van der Waals surface area (Å²) < 4.78 is 0. The molecule has 1 aliphatic carbocycles. The van der Waals surface area contributed by atoms with Gasteiger partial charge in [0.2, 0.25) is 0 Å². The van der Waals surface area contributed by atoms with E-state index in [0.29, 0.717) is 0 Å². The molecule has 108 valence electrons. The van der Waals surface area contributed by atoms with Crippen LogP contribution in [0.4, 0.5) is 0 Å². The maximum Gasteiger partial charge on any atom is 0.0113 e. The van der Waals surface area contributed by atoms with Crippen molar-refractivity contribution in [2.45, 2.75) is 38.6 Å². The summed E-state index contributed by atoms with van der Waals surface area (Å²) in [6.07, 6.45) is 5.65. The van der Waals surface area contributed by atoms with Crippen LogP contribution >= 0.6 is 0 Å². The first-order chi connectivity index (χ1) is 8.49. The van der Waals surface area contributed by atoms with Crippen LogP contribution in [-0.2, 0) is 0 Å². The van der Waals surface area contributed by atoms with E-state index in [2.05, 4.69) is 49.8 Å². The smallest absolute Gasteiger partial charge is 0.0113 e. The second kappa shape index (κ2) is 8.13. The summed E-state index contributed by atoms with van der Waals surface area (Å²) in [5.41, 5.74) is 0. The van der Waals surface area contributed by atoms with Crippen LogP contribution in [0.15, 0.2) is 0 Å². The molecule has 0 bridgehead atoms. The van der Waals surface area contributed by atoms with E-state index in [0.717, 1.165) is 12.0 Å². The van der Waals surface area contributed by atoms with Gasteiger partial charge in [-0.2, -0.15) is 0 Å². The third-order valence-electron chi connectivity index (χ3n) is 4.17. The fraction of sp³-hybridized carbons (Fsp3) is 1.00. The number of hydrogen-bond donors (Lipinski definition) is 0. The zero-order valence-corrected chi connectivity index (χ0v) is 13.2. The average molecular weight is 255 g/mol. The van der Waals surface area contributed by atoms with Gasteiger partial charge in [0.15, 0.2) is 0 Å². The molecule has 0 aromatic heterocycles. The summed E-state index contributed by atoms with van der Waals surface area (Å²) >= 11 is 0. The SMILES string of the molecule is CN(C)CCN(CCN(C)C)[C@H]1CC[C@H](C)CC1. The van der Waals surface area contributed by atoms with Gasteiger partial charge in [0.05, 0.1) is 0 Å². The fourth-order valence-corrected chi connectivity index (χ4v) is 2.74. The third-order valence-corrected chi connectivity index (χ3v) is 4.17. The molecule has 0 N–H and O–H groups in total. The van der Waals surface area contributed by atoms with Gasteiger partial charge in [-0.25, -0.2) is 0 Å². The Hall–Kier alpha value is -0.120. The lowest BCUT2D eigenvalue weighted by atomic mass is 9.86. The first-order valence-corrected chi connectivity index (χ1v) is 7.52. The molecular weight excluding hydrogens is 222 g/mol. The van der Waals surface area contributed by atoms with Crippen molar-refractivity contribution in [2.24, 2.45) is 5.92 Å². The zero-order valence-electron chi connectivity index (χ0n) is 13.2. The quantitative estimate of drug-likeness (QED) is 0.689. The molecule has 18 heavy (non-hydrogen) atoms. The van der Waals surface area contributed by atoms with E-state index >= 15 is 0 Å². The molecule has 0 aromatic carbocycles. The standard InChI is InChI=1S/C15H33N3/c1-14-6-8-15(9-7-14)18(12-10-16(2)3)13-11-17(4)5/h14-15H,6-13H2,1-5H3/t14-,15-. The Bertz CT molecular complexity index is 196. The van der Waals surface area contributed by atoms with Crippen LogP contribution in [0, 0.1) is 5.92 Å². The van der Waals surface area contributed by atoms with Gasteiger partial charge in [-0.1, -0.05) is 6.92 Å². The highest BCUT2D eigenvalue weighted by atomic mass is 15.2. The minimum absolute atomic E-state index is 0.834. The fourth-order valence-electron chi connectivity index (χ4n) is 2.74. The number of likely N-dealkylation sites (N-methyl/N-ethyl adjacent to an activating group) is 2. The minimum atomic E-state index is 0.834. The van der Waals surface area contributed by atoms with Crippen molar-refractivity contribution in [1.82, 2.24) is 14.7 Å². The molecule has 0 amide bonds. The Kier molecular flexibility index (Phi) is 7.20. The summed E-state index contributed by atoms with van der Waals surface area (Å²) in [7, 11) is 8.69. The summed E-state index contributed by atoms with van der Waals surface area (Å²) in [6, 6.07) is 0.834. The predicted molar refractivity (Wildman–Crippen MR) is 80.1 cm³/mol. The largest absolute Gasteiger partial charge is 0.308 e. The van der Waals surface area contributed by atoms with E-state index in [4.69, 9.17) is 0 Å². The van der Waals surface area contributed by atoms with Crippen LogP contribution in [0.25, 0.3) is 0 Å². The molecule has 0 spiro atoms. The predicted octanol–water partition coefficient (Wildman–Crippen LogP) is 1.99. The topological polar surface area (TPSA) is 9.72 Å². The molecule has 0 atom stereocenters. The van der Waals surface area contributed by atoms with Gasteiger partial charge >= 0.3 is 0 Å². The van der Waals surface area contributed by atoms with E-state index < -0.39 is 0 Å². The second-order valence-electron chi connectivity index (χ2n) is 6.56.